The second-order valence-electron chi connectivity index (χ2n) is 7.75. The Labute approximate surface area is 180 Å². The molecule has 6 nitrogen and oxygen atoms in total. The number of amides is 2. The maximum atomic E-state index is 12.8. The smallest absolute Gasteiger partial charge is 0.321 e. The molecule has 1 saturated heterocycles. The third kappa shape index (κ3) is 3.08. The monoisotopic (exact) mass is 422 g/mol. The summed E-state index contributed by atoms with van der Waals surface area (Å²) in [5.41, 5.74) is 3.80. The van der Waals surface area contributed by atoms with Gasteiger partial charge in [-0.3, -0.25) is 0 Å². The van der Waals surface area contributed by atoms with Crippen LogP contribution in [-0.4, -0.2) is 35.7 Å². The number of nitrogens with one attached hydrogen (secondary N) is 2. The number of piperidine rings is 1. The number of hydrogen-bond acceptors (Lipinski definition) is 3. The number of likely N-dealkylation sites (tertiary alicyclic amines) is 1. The fourth-order valence-corrected chi connectivity index (χ4v) is 4.67. The lowest BCUT2D eigenvalue weighted by atomic mass is 9.82. The Morgan fingerprint density at radius 3 is 2.70 bits per heavy atom. The van der Waals surface area contributed by atoms with Crippen LogP contribution in [0.25, 0.3) is 5.69 Å². The average molecular weight is 423 g/mol. The molecular weight excluding hydrogens is 400 g/mol. The molecule has 2 amide bonds. The molecule has 1 aromatic heterocycles. The van der Waals surface area contributed by atoms with Crippen LogP contribution in [0.2, 0.25) is 5.02 Å². The quantitative estimate of drug-likeness (QED) is 0.604. The number of benzene rings is 2. The van der Waals surface area contributed by atoms with Gasteiger partial charge in [-0.25, -0.2) is 4.79 Å². The molecule has 2 aliphatic rings. The van der Waals surface area contributed by atoms with Crippen molar-refractivity contribution in [2.45, 2.75) is 18.4 Å². The molecule has 154 valence electrons. The maximum Gasteiger partial charge on any atom is 0.321 e. The maximum absolute atomic E-state index is 12.8. The molecule has 3 aromatic rings. The number of carbonyl (C=O) groups is 1. The number of rotatable bonds is 2. The fourth-order valence-electron chi connectivity index (χ4n) is 4.48. The van der Waals surface area contributed by atoms with Gasteiger partial charge in [0.2, 0.25) is 0 Å². The molecule has 1 spiro atoms. The highest BCUT2D eigenvalue weighted by atomic mass is 35.5. The number of carbonyl (C=O) groups excluding carboxylic acids is 1. The van der Waals surface area contributed by atoms with Gasteiger partial charge in [-0.05, 0) is 49.2 Å². The molecule has 2 aliphatic heterocycles. The number of fused-ring (bicyclic) bond motifs is 4. The second-order valence-corrected chi connectivity index (χ2v) is 8.16. The highest BCUT2D eigenvalue weighted by Gasteiger charge is 2.42. The number of halogens is 1. The standard InChI is InChI=1S/C23H23ClN4O2/c1-30-16-8-9-20-19(15-16)26-23(21-7-4-12-28(20)21)10-13-27(14-11-23)22(29)25-18-6-3-2-5-17(18)24/h2-9,12,15,26H,10-11,13-14H2,1H3,(H,25,29). The zero-order chi connectivity index (χ0) is 20.7. The van der Waals surface area contributed by atoms with Crippen molar-refractivity contribution in [3.8, 4) is 11.4 Å². The van der Waals surface area contributed by atoms with Gasteiger partial charge in [0.25, 0.3) is 0 Å². The SMILES string of the molecule is COc1ccc2c(c1)NC1(CCN(C(=O)Nc3ccccc3Cl)CC1)c1cccn1-2. The molecule has 5 rings (SSSR count). The molecule has 0 radical (unpaired) electrons. The van der Waals surface area contributed by atoms with E-state index in [1.165, 1.54) is 5.69 Å². The molecule has 0 atom stereocenters. The highest BCUT2D eigenvalue weighted by molar-refractivity contribution is 6.33. The predicted molar refractivity (Wildman–Crippen MR) is 119 cm³/mol. The predicted octanol–water partition coefficient (Wildman–Crippen LogP) is 5.09. The van der Waals surface area contributed by atoms with E-state index in [9.17, 15) is 4.79 Å². The van der Waals surface area contributed by atoms with Crippen LogP contribution in [0.4, 0.5) is 16.2 Å². The highest BCUT2D eigenvalue weighted by Crippen LogP contribution is 2.44. The topological polar surface area (TPSA) is 58.5 Å². The summed E-state index contributed by atoms with van der Waals surface area (Å²) >= 11 is 6.18. The van der Waals surface area contributed by atoms with Crippen LogP contribution >= 0.6 is 11.6 Å². The molecule has 0 saturated carbocycles. The van der Waals surface area contributed by atoms with Crippen LogP contribution in [0.3, 0.4) is 0 Å². The molecule has 1 fully saturated rings. The lowest BCUT2D eigenvalue weighted by molar-refractivity contribution is 0.174. The number of methoxy groups -OCH3 is 1. The third-order valence-corrected chi connectivity index (χ3v) is 6.43. The molecule has 0 aliphatic carbocycles. The van der Waals surface area contributed by atoms with Crippen LogP contribution in [0.15, 0.2) is 60.8 Å². The lowest BCUT2D eigenvalue weighted by Gasteiger charge is -2.46. The van der Waals surface area contributed by atoms with Crippen LogP contribution in [0.1, 0.15) is 18.5 Å². The summed E-state index contributed by atoms with van der Waals surface area (Å²) in [6.45, 7) is 1.29. The Morgan fingerprint density at radius 2 is 1.93 bits per heavy atom. The summed E-state index contributed by atoms with van der Waals surface area (Å²) in [6, 6.07) is 17.5. The molecule has 2 aromatic carbocycles. The number of urea groups is 1. The first-order valence-electron chi connectivity index (χ1n) is 10.0. The van der Waals surface area contributed by atoms with E-state index >= 15 is 0 Å². The largest absolute Gasteiger partial charge is 0.497 e. The number of nitrogens with zero attached hydrogens (tertiary/aromatic N) is 2. The molecular formula is C23H23ClN4O2. The molecule has 30 heavy (non-hydrogen) atoms. The number of para-hydroxylation sites is 1. The zero-order valence-corrected chi connectivity index (χ0v) is 17.4. The summed E-state index contributed by atoms with van der Waals surface area (Å²) in [5.74, 6) is 0.823. The third-order valence-electron chi connectivity index (χ3n) is 6.10. The second kappa shape index (κ2) is 7.29. The van der Waals surface area contributed by atoms with E-state index in [4.69, 9.17) is 16.3 Å². The van der Waals surface area contributed by atoms with Crippen LogP contribution in [0, 0.1) is 0 Å². The van der Waals surface area contributed by atoms with Crippen molar-refractivity contribution in [1.82, 2.24) is 9.47 Å². The number of hydrogen-bond donors (Lipinski definition) is 2. The van der Waals surface area contributed by atoms with Gasteiger partial charge in [-0.2, -0.15) is 0 Å². The number of aromatic nitrogens is 1. The van der Waals surface area contributed by atoms with Gasteiger partial charge in [-0.15, -0.1) is 0 Å². The van der Waals surface area contributed by atoms with Gasteiger partial charge in [0.1, 0.15) is 5.75 Å². The Morgan fingerprint density at radius 1 is 1.13 bits per heavy atom. The normalized spacial score (nSPS) is 16.4. The van der Waals surface area contributed by atoms with Crippen molar-refractivity contribution in [3.63, 3.8) is 0 Å². The van der Waals surface area contributed by atoms with Crippen molar-refractivity contribution >= 4 is 29.0 Å². The molecule has 7 heteroatoms. The van der Waals surface area contributed by atoms with Crippen LogP contribution < -0.4 is 15.4 Å². The summed E-state index contributed by atoms with van der Waals surface area (Å²) < 4.78 is 7.66. The first kappa shape index (κ1) is 18.9. The van der Waals surface area contributed by atoms with Crippen molar-refractivity contribution in [2.24, 2.45) is 0 Å². The summed E-state index contributed by atoms with van der Waals surface area (Å²) in [6.07, 6.45) is 3.72. The van der Waals surface area contributed by atoms with E-state index in [2.05, 4.69) is 39.6 Å². The van der Waals surface area contributed by atoms with Crippen molar-refractivity contribution in [2.75, 3.05) is 30.8 Å². The summed E-state index contributed by atoms with van der Waals surface area (Å²) in [7, 11) is 1.68. The van der Waals surface area contributed by atoms with Gasteiger partial charge in [0, 0.05) is 31.0 Å². The fraction of sp³-hybridized carbons (Fsp3) is 0.261. The van der Waals surface area contributed by atoms with Gasteiger partial charge in [0.05, 0.1) is 34.7 Å². The molecule has 0 bridgehead atoms. The summed E-state index contributed by atoms with van der Waals surface area (Å²) in [4.78, 5) is 14.6. The first-order valence-corrected chi connectivity index (χ1v) is 10.4. The minimum Gasteiger partial charge on any atom is -0.497 e. The van der Waals surface area contributed by atoms with Crippen LogP contribution in [-0.2, 0) is 5.54 Å². The van der Waals surface area contributed by atoms with E-state index in [-0.39, 0.29) is 11.6 Å². The van der Waals surface area contributed by atoms with E-state index in [0.29, 0.717) is 23.8 Å². The minimum atomic E-state index is -0.218. The Kier molecular flexibility index (Phi) is 4.59. The zero-order valence-electron chi connectivity index (χ0n) is 16.7. The lowest BCUT2D eigenvalue weighted by Crippen LogP contribution is -2.51. The van der Waals surface area contributed by atoms with Gasteiger partial charge < -0.3 is 24.8 Å². The summed E-state index contributed by atoms with van der Waals surface area (Å²) in [5, 5.41) is 7.23. The van der Waals surface area contributed by atoms with E-state index in [0.717, 1.165) is 30.0 Å². The van der Waals surface area contributed by atoms with E-state index < -0.39 is 0 Å². The molecule has 2 N–H and O–H groups in total. The Hall–Kier alpha value is -3.12. The van der Waals surface area contributed by atoms with Gasteiger partial charge in [0.15, 0.2) is 0 Å². The van der Waals surface area contributed by atoms with Crippen LogP contribution in [0.5, 0.6) is 5.75 Å². The molecule has 3 heterocycles. The Balaban J connectivity index is 1.36. The van der Waals surface area contributed by atoms with E-state index in [1.54, 1.807) is 13.2 Å². The van der Waals surface area contributed by atoms with Gasteiger partial charge >= 0.3 is 6.03 Å². The average Bonchev–Trinajstić information content (AvgIpc) is 3.27. The van der Waals surface area contributed by atoms with Crippen molar-refractivity contribution < 1.29 is 9.53 Å². The number of anilines is 2. The first-order chi connectivity index (χ1) is 14.6. The van der Waals surface area contributed by atoms with Gasteiger partial charge in [-0.1, -0.05) is 23.7 Å². The van der Waals surface area contributed by atoms with Crippen molar-refractivity contribution in [3.05, 3.63) is 71.5 Å². The van der Waals surface area contributed by atoms with Crippen molar-refractivity contribution in [1.29, 1.82) is 0 Å². The van der Waals surface area contributed by atoms with E-state index in [1.807, 2.05) is 35.2 Å². The molecule has 0 unspecified atom stereocenters. The minimum absolute atomic E-state index is 0.119. The number of ether oxygens (including phenoxy) is 1. The Bertz CT molecular complexity index is 1100.